The van der Waals surface area contributed by atoms with E-state index >= 15 is 0 Å². The van der Waals surface area contributed by atoms with Crippen molar-refractivity contribution in [3.63, 3.8) is 0 Å². The maximum atomic E-state index is 13.2. The molecular weight excluding hydrogens is 354 g/mol. The molecule has 7 heteroatoms. The molecule has 1 aromatic carbocycles. The summed E-state index contributed by atoms with van der Waals surface area (Å²) in [5.74, 6) is 0.694. The van der Waals surface area contributed by atoms with Gasteiger partial charge in [-0.3, -0.25) is 0 Å². The smallest absolute Gasteiger partial charge is 0.338 e. The molecule has 4 rings (SSSR count). The first-order valence-corrected chi connectivity index (χ1v) is 10.1. The second-order valence-electron chi connectivity index (χ2n) is 8.00. The number of fused-ring (bicyclic) bond motifs is 1. The van der Waals surface area contributed by atoms with Gasteiger partial charge in [-0.2, -0.15) is 4.68 Å². The standard InChI is InChI=1S/C21H27N5O2/c1-13(2)15-9-11-16(12-10-15)19-18(14(3)22-21-23-24-25-26(19)21)20(27)28-17-7-5-4-6-8-17/h9-13,17,19H,4-8H2,1-3H3,(H,22,23,25). The number of nitrogens with zero attached hydrogens (tertiary/aromatic N) is 4. The number of tetrazole rings is 1. The Hall–Kier alpha value is -2.70. The molecule has 1 atom stereocenters. The van der Waals surface area contributed by atoms with E-state index in [0.29, 0.717) is 17.4 Å². The third-order valence-electron chi connectivity index (χ3n) is 5.68. The van der Waals surface area contributed by atoms with E-state index in [9.17, 15) is 4.79 Å². The molecule has 0 bridgehead atoms. The Kier molecular flexibility index (Phi) is 5.15. The first-order valence-electron chi connectivity index (χ1n) is 10.1. The van der Waals surface area contributed by atoms with Crippen LogP contribution in [0.25, 0.3) is 0 Å². The van der Waals surface area contributed by atoms with E-state index in [1.807, 2.05) is 6.92 Å². The van der Waals surface area contributed by atoms with E-state index < -0.39 is 6.04 Å². The Labute approximate surface area is 165 Å². The highest BCUT2D eigenvalue weighted by Crippen LogP contribution is 2.36. The van der Waals surface area contributed by atoms with Crippen molar-refractivity contribution in [2.24, 2.45) is 0 Å². The van der Waals surface area contributed by atoms with Crippen LogP contribution in [0.2, 0.25) is 0 Å². The quantitative estimate of drug-likeness (QED) is 0.807. The SMILES string of the molecule is CC1=C(C(=O)OC2CCCCC2)C(c2ccc(C(C)C)cc2)n2nnnc2N1. The number of allylic oxidation sites excluding steroid dienone is 1. The molecule has 2 heterocycles. The van der Waals surface area contributed by atoms with Crippen LogP contribution in [-0.4, -0.2) is 32.3 Å². The van der Waals surface area contributed by atoms with Gasteiger partial charge in [-0.1, -0.05) is 49.6 Å². The number of rotatable bonds is 4. The molecule has 7 nitrogen and oxygen atoms in total. The van der Waals surface area contributed by atoms with Crippen LogP contribution in [0.3, 0.4) is 0 Å². The lowest BCUT2D eigenvalue weighted by Gasteiger charge is -2.29. The Morgan fingerprint density at radius 3 is 2.57 bits per heavy atom. The van der Waals surface area contributed by atoms with E-state index in [-0.39, 0.29) is 12.1 Å². The fourth-order valence-electron chi connectivity index (χ4n) is 4.05. The Morgan fingerprint density at radius 1 is 1.18 bits per heavy atom. The number of benzene rings is 1. The number of carbonyl (C=O) groups excluding carboxylic acids is 1. The van der Waals surface area contributed by atoms with Crippen LogP contribution in [0, 0.1) is 0 Å². The van der Waals surface area contributed by atoms with Crippen LogP contribution >= 0.6 is 0 Å². The van der Waals surface area contributed by atoms with E-state index in [4.69, 9.17) is 4.74 Å². The van der Waals surface area contributed by atoms with Crippen LogP contribution in [0.15, 0.2) is 35.5 Å². The first-order chi connectivity index (χ1) is 13.5. The lowest BCUT2D eigenvalue weighted by atomic mass is 9.93. The summed E-state index contributed by atoms with van der Waals surface area (Å²) >= 11 is 0. The minimum absolute atomic E-state index is 0.000727. The summed E-state index contributed by atoms with van der Waals surface area (Å²) in [5, 5.41) is 15.1. The molecule has 1 saturated carbocycles. The summed E-state index contributed by atoms with van der Waals surface area (Å²) in [6.45, 7) is 6.21. The Bertz CT molecular complexity index is 878. The third kappa shape index (κ3) is 3.53. The molecule has 1 aliphatic carbocycles. The summed E-state index contributed by atoms with van der Waals surface area (Å²) in [5.41, 5.74) is 3.53. The van der Waals surface area contributed by atoms with Crippen molar-refractivity contribution >= 4 is 11.9 Å². The summed E-state index contributed by atoms with van der Waals surface area (Å²) in [6.07, 6.45) is 5.33. The van der Waals surface area contributed by atoms with Gasteiger partial charge in [0.2, 0.25) is 5.95 Å². The molecule has 1 aliphatic heterocycles. The van der Waals surface area contributed by atoms with Gasteiger partial charge in [-0.25, -0.2) is 4.79 Å². The maximum absolute atomic E-state index is 13.2. The van der Waals surface area contributed by atoms with Gasteiger partial charge in [0, 0.05) is 5.70 Å². The van der Waals surface area contributed by atoms with E-state index in [1.165, 1.54) is 12.0 Å². The minimum atomic E-state index is -0.399. The number of hydrogen-bond donors (Lipinski definition) is 1. The summed E-state index contributed by atoms with van der Waals surface area (Å²) in [7, 11) is 0. The van der Waals surface area contributed by atoms with Crippen molar-refractivity contribution < 1.29 is 9.53 Å². The van der Waals surface area contributed by atoms with Gasteiger partial charge >= 0.3 is 5.97 Å². The normalized spacial score (nSPS) is 20.1. The van der Waals surface area contributed by atoms with Crippen molar-refractivity contribution in [2.45, 2.75) is 70.9 Å². The number of nitrogens with one attached hydrogen (secondary N) is 1. The average molecular weight is 381 g/mol. The molecule has 148 valence electrons. The highest BCUT2D eigenvalue weighted by molar-refractivity contribution is 5.92. The van der Waals surface area contributed by atoms with E-state index in [2.05, 4.69) is 59.0 Å². The summed E-state index contributed by atoms with van der Waals surface area (Å²) in [4.78, 5) is 13.2. The molecule has 0 saturated heterocycles. The van der Waals surface area contributed by atoms with Gasteiger partial charge in [0.1, 0.15) is 12.1 Å². The predicted molar refractivity (Wildman–Crippen MR) is 106 cm³/mol. The number of aromatic nitrogens is 4. The lowest BCUT2D eigenvalue weighted by Crippen LogP contribution is -2.32. The fraction of sp³-hybridized carbons (Fsp3) is 0.524. The van der Waals surface area contributed by atoms with Gasteiger partial charge in [-0.15, -0.1) is 0 Å². The van der Waals surface area contributed by atoms with Crippen LogP contribution in [0.4, 0.5) is 5.95 Å². The number of anilines is 1. The summed E-state index contributed by atoms with van der Waals surface area (Å²) < 4.78 is 7.55. The highest BCUT2D eigenvalue weighted by atomic mass is 16.5. The van der Waals surface area contributed by atoms with Gasteiger partial charge in [0.15, 0.2) is 0 Å². The van der Waals surface area contributed by atoms with Crippen molar-refractivity contribution in [3.8, 4) is 0 Å². The molecule has 2 aliphatic rings. The van der Waals surface area contributed by atoms with Crippen LogP contribution < -0.4 is 5.32 Å². The van der Waals surface area contributed by atoms with Crippen molar-refractivity contribution in [1.82, 2.24) is 20.2 Å². The minimum Gasteiger partial charge on any atom is -0.459 e. The first kappa shape index (κ1) is 18.7. The molecule has 1 fully saturated rings. The van der Waals surface area contributed by atoms with Crippen molar-refractivity contribution in [1.29, 1.82) is 0 Å². The predicted octanol–water partition coefficient (Wildman–Crippen LogP) is 3.96. The number of ether oxygens (including phenoxy) is 1. The molecule has 1 unspecified atom stereocenters. The summed E-state index contributed by atoms with van der Waals surface area (Å²) in [6, 6.07) is 7.91. The number of esters is 1. The molecule has 0 radical (unpaired) electrons. The van der Waals surface area contributed by atoms with Crippen molar-refractivity contribution in [3.05, 3.63) is 46.7 Å². The molecular formula is C21H27N5O2. The molecule has 0 amide bonds. The monoisotopic (exact) mass is 381 g/mol. The number of hydrogen-bond acceptors (Lipinski definition) is 6. The third-order valence-corrected chi connectivity index (χ3v) is 5.68. The van der Waals surface area contributed by atoms with Gasteiger partial charge in [-0.05, 0) is 60.1 Å². The van der Waals surface area contributed by atoms with E-state index in [0.717, 1.165) is 36.9 Å². The van der Waals surface area contributed by atoms with Crippen LogP contribution in [-0.2, 0) is 9.53 Å². The molecule has 2 aromatic rings. The largest absolute Gasteiger partial charge is 0.459 e. The van der Waals surface area contributed by atoms with Crippen molar-refractivity contribution in [2.75, 3.05) is 5.32 Å². The molecule has 1 N–H and O–H groups in total. The zero-order valence-electron chi connectivity index (χ0n) is 16.7. The van der Waals surface area contributed by atoms with Crippen LogP contribution in [0.5, 0.6) is 0 Å². The van der Waals surface area contributed by atoms with E-state index in [1.54, 1.807) is 4.68 Å². The lowest BCUT2D eigenvalue weighted by molar-refractivity contribution is -0.146. The second-order valence-corrected chi connectivity index (χ2v) is 8.00. The topological polar surface area (TPSA) is 81.9 Å². The van der Waals surface area contributed by atoms with Gasteiger partial charge in [0.05, 0.1) is 5.57 Å². The van der Waals surface area contributed by atoms with Gasteiger partial charge in [0.25, 0.3) is 0 Å². The maximum Gasteiger partial charge on any atom is 0.338 e. The fourth-order valence-corrected chi connectivity index (χ4v) is 4.05. The Morgan fingerprint density at radius 2 is 1.89 bits per heavy atom. The van der Waals surface area contributed by atoms with Gasteiger partial charge < -0.3 is 10.1 Å². The zero-order valence-corrected chi connectivity index (χ0v) is 16.7. The zero-order chi connectivity index (χ0) is 19.7. The number of carbonyl (C=O) groups is 1. The highest BCUT2D eigenvalue weighted by Gasteiger charge is 2.36. The molecule has 0 spiro atoms. The second kappa shape index (κ2) is 7.73. The van der Waals surface area contributed by atoms with Crippen LogP contribution in [0.1, 0.15) is 76.0 Å². The average Bonchev–Trinajstić information content (AvgIpc) is 3.15. The Balaban J connectivity index is 1.68. The molecule has 1 aromatic heterocycles. The molecule has 28 heavy (non-hydrogen) atoms.